The van der Waals surface area contributed by atoms with Gasteiger partial charge < -0.3 is 5.32 Å². The van der Waals surface area contributed by atoms with Crippen molar-refractivity contribution in [2.75, 3.05) is 5.32 Å². The molecule has 3 aromatic rings. The third kappa shape index (κ3) is 2.50. The number of nitrogens with zero attached hydrogens (tertiary/aromatic N) is 1. The molecule has 0 aliphatic carbocycles. The van der Waals surface area contributed by atoms with E-state index in [1.807, 2.05) is 24.4 Å². The molecule has 0 aliphatic rings. The molecular weight excluding hydrogens is 244 g/mol. The zero-order chi connectivity index (χ0) is 13.9. The van der Waals surface area contributed by atoms with E-state index in [0.29, 0.717) is 0 Å². The van der Waals surface area contributed by atoms with Crippen LogP contribution in [-0.2, 0) is 6.54 Å². The molecule has 0 radical (unpaired) electrons. The number of rotatable bonds is 3. The summed E-state index contributed by atoms with van der Waals surface area (Å²) in [6, 6.07) is 16.9. The first-order valence-electron chi connectivity index (χ1n) is 6.88. The number of pyridine rings is 1. The quantitative estimate of drug-likeness (QED) is 0.753. The van der Waals surface area contributed by atoms with Crippen LogP contribution in [0.4, 0.5) is 5.69 Å². The summed E-state index contributed by atoms with van der Waals surface area (Å²) >= 11 is 0. The van der Waals surface area contributed by atoms with Crippen molar-refractivity contribution in [2.45, 2.75) is 20.4 Å². The second kappa shape index (κ2) is 5.33. The molecule has 0 bridgehead atoms. The monoisotopic (exact) mass is 262 g/mol. The molecule has 0 atom stereocenters. The van der Waals surface area contributed by atoms with Gasteiger partial charge in [0.15, 0.2) is 0 Å². The molecule has 0 saturated carbocycles. The highest BCUT2D eigenvalue weighted by Crippen LogP contribution is 2.22. The Balaban J connectivity index is 1.85. The van der Waals surface area contributed by atoms with Gasteiger partial charge >= 0.3 is 0 Å². The highest BCUT2D eigenvalue weighted by Gasteiger charge is 2.01. The van der Waals surface area contributed by atoms with Gasteiger partial charge in [-0.1, -0.05) is 24.3 Å². The minimum absolute atomic E-state index is 0.828. The van der Waals surface area contributed by atoms with Gasteiger partial charge in [-0.05, 0) is 54.8 Å². The molecule has 20 heavy (non-hydrogen) atoms. The van der Waals surface area contributed by atoms with Crippen molar-refractivity contribution in [3.63, 3.8) is 0 Å². The van der Waals surface area contributed by atoms with Gasteiger partial charge in [0, 0.05) is 23.8 Å². The van der Waals surface area contributed by atoms with Crippen molar-refractivity contribution in [3.05, 3.63) is 71.4 Å². The van der Waals surface area contributed by atoms with Crippen LogP contribution < -0.4 is 5.32 Å². The summed E-state index contributed by atoms with van der Waals surface area (Å²) in [5, 5.41) is 4.68. The Hall–Kier alpha value is -2.35. The largest absolute Gasteiger partial charge is 0.380 e. The number of benzene rings is 2. The van der Waals surface area contributed by atoms with Crippen molar-refractivity contribution in [1.82, 2.24) is 4.98 Å². The smallest absolute Gasteiger partial charge is 0.0722 e. The molecule has 0 spiro atoms. The maximum atomic E-state index is 4.38. The predicted octanol–water partition coefficient (Wildman–Crippen LogP) is 4.46. The third-order valence-electron chi connectivity index (χ3n) is 3.70. The van der Waals surface area contributed by atoms with Crippen LogP contribution in [0.5, 0.6) is 0 Å². The standard InChI is InChI=1S/C18H18N2/c1-13-8-9-15(11-14(13)2)12-20-18-7-3-6-17-16(18)5-4-10-19-17/h3-11,20H,12H2,1-2H3. The average molecular weight is 262 g/mol. The van der Waals surface area contributed by atoms with Crippen LogP contribution in [-0.4, -0.2) is 4.98 Å². The van der Waals surface area contributed by atoms with E-state index in [2.05, 4.69) is 54.5 Å². The molecule has 0 fully saturated rings. The lowest BCUT2D eigenvalue weighted by molar-refractivity contribution is 1.14. The summed E-state index contributed by atoms with van der Waals surface area (Å²) in [5.41, 5.74) is 6.13. The molecule has 100 valence electrons. The van der Waals surface area contributed by atoms with Gasteiger partial charge in [0.2, 0.25) is 0 Å². The van der Waals surface area contributed by atoms with Crippen LogP contribution in [0.2, 0.25) is 0 Å². The Morgan fingerprint density at radius 1 is 0.950 bits per heavy atom. The van der Waals surface area contributed by atoms with E-state index in [1.165, 1.54) is 22.1 Å². The molecule has 1 heterocycles. The van der Waals surface area contributed by atoms with Gasteiger partial charge in [0.25, 0.3) is 0 Å². The van der Waals surface area contributed by atoms with Gasteiger partial charge in [-0.2, -0.15) is 0 Å². The van der Waals surface area contributed by atoms with E-state index < -0.39 is 0 Å². The number of aromatic nitrogens is 1. The summed E-state index contributed by atoms with van der Waals surface area (Å²) in [5.74, 6) is 0. The first-order valence-corrected chi connectivity index (χ1v) is 6.88. The van der Waals surface area contributed by atoms with Crippen molar-refractivity contribution in [3.8, 4) is 0 Å². The zero-order valence-electron chi connectivity index (χ0n) is 11.9. The molecule has 1 aromatic heterocycles. The molecule has 3 rings (SSSR count). The Kier molecular flexibility index (Phi) is 3.38. The van der Waals surface area contributed by atoms with Gasteiger partial charge in [0.1, 0.15) is 0 Å². The number of nitrogens with one attached hydrogen (secondary N) is 1. The zero-order valence-corrected chi connectivity index (χ0v) is 11.9. The third-order valence-corrected chi connectivity index (χ3v) is 3.70. The fraction of sp³-hybridized carbons (Fsp3) is 0.167. The SMILES string of the molecule is Cc1ccc(CNc2cccc3ncccc23)cc1C. The Morgan fingerprint density at radius 3 is 2.70 bits per heavy atom. The van der Waals surface area contributed by atoms with E-state index in [0.717, 1.165) is 17.7 Å². The van der Waals surface area contributed by atoms with E-state index in [-0.39, 0.29) is 0 Å². The molecule has 2 nitrogen and oxygen atoms in total. The van der Waals surface area contributed by atoms with Crippen molar-refractivity contribution in [2.24, 2.45) is 0 Å². The summed E-state index contributed by atoms with van der Waals surface area (Å²) in [4.78, 5) is 4.38. The van der Waals surface area contributed by atoms with Crippen molar-refractivity contribution >= 4 is 16.6 Å². The van der Waals surface area contributed by atoms with E-state index in [4.69, 9.17) is 0 Å². The first-order chi connectivity index (χ1) is 9.74. The van der Waals surface area contributed by atoms with Crippen LogP contribution >= 0.6 is 0 Å². The van der Waals surface area contributed by atoms with Crippen LogP contribution in [0, 0.1) is 13.8 Å². The molecule has 2 aromatic carbocycles. The fourth-order valence-corrected chi connectivity index (χ4v) is 2.37. The first kappa shape index (κ1) is 12.7. The second-order valence-electron chi connectivity index (χ2n) is 5.15. The Bertz CT molecular complexity index is 742. The topological polar surface area (TPSA) is 24.9 Å². The molecular formula is C18H18N2. The van der Waals surface area contributed by atoms with Gasteiger partial charge in [0.05, 0.1) is 5.52 Å². The number of anilines is 1. The fourth-order valence-electron chi connectivity index (χ4n) is 2.37. The maximum Gasteiger partial charge on any atom is 0.0722 e. The Morgan fingerprint density at radius 2 is 1.85 bits per heavy atom. The van der Waals surface area contributed by atoms with Crippen LogP contribution in [0.15, 0.2) is 54.7 Å². The van der Waals surface area contributed by atoms with Crippen LogP contribution in [0.25, 0.3) is 10.9 Å². The average Bonchev–Trinajstić information content (AvgIpc) is 2.48. The highest BCUT2D eigenvalue weighted by atomic mass is 14.9. The number of hydrogen-bond donors (Lipinski definition) is 1. The maximum absolute atomic E-state index is 4.38. The van der Waals surface area contributed by atoms with Crippen molar-refractivity contribution < 1.29 is 0 Å². The number of fused-ring (bicyclic) bond motifs is 1. The minimum Gasteiger partial charge on any atom is -0.380 e. The lowest BCUT2D eigenvalue weighted by Gasteiger charge is -2.10. The molecule has 0 aliphatic heterocycles. The molecule has 2 heteroatoms. The van der Waals surface area contributed by atoms with E-state index in [1.54, 1.807) is 0 Å². The Labute approximate surface area is 119 Å². The summed E-state index contributed by atoms with van der Waals surface area (Å²) < 4.78 is 0. The van der Waals surface area contributed by atoms with E-state index >= 15 is 0 Å². The number of hydrogen-bond acceptors (Lipinski definition) is 2. The summed E-state index contributed by atoms with van der Waals surface area (Å²) in [6.45, 7) is 5.12. The molecule has 0 unspecified atom stereocenters. The number of aryl methyl sites for hydroxylation is 2. The second-order valence-corrected chi connectivity index (χ2v) is 5.15. The lowest BCUT2D eigenvalue weighted by atomic mass is 10.1. The van der Waals surface area contributed by atoms with Crippen LogP contribution in [0.1, 0.15) is 16.7 Å². The summed E-state index contributed by atoms with van der Waals surface area (Å²) in [7, 11) is 0. The van der Waals surface area contributed by atoms with Gasteiger partial charge in [-0.15, -0.1) is 0 Å². The lowest BCUT2D eigenvalue weighted by Crippen LogP contribution is -2.00. The van der Waals surface area contributed by atoms with Crippen molar-refractivity contribution in [1.29, 1.82) is 0 Å². The van der Waals surface area contributed by atoms with Gasteiger partial charge in [-0.3, -0.25) is 4.98 Å². The summed E-state index contributed by atoms with van der Waals surface area (Å²) in [6.07, 6.45) is 1.83. The van der Waals surface area contributed by atoms with Gasteiger partial charge in [-0.25, -0.2) is 0 Å². The minimum atomic E-state index is 0.828. The predicted molar refractivity (Wildman–Crippen MR) is 85.0 cm³/mol. The normalized spacial score (nSPS) is 10.7. The van der Waals surface area contributed by atoms with Crippen LogP contribution in [0.3, 0.4) is 0 Å². The molecule has 0 amide bonds. The molecule has 0 saturated heterocycles. The van der Waals surface area contributed by atoms with E-state index in [9.17, 15) is 0 Å². The molecule has 1 N–H and O–H groups in total. The highest BCUT2D eigenvalue weighted by molar-refractivity contribution is 5.91.